The van der Waals surface area contributed by atoms with Gasteiger partial charge in [-0.2, -0.15) is 0 Å². The van der Waals surface area contributed by atoms with Crippen LogP contribution in [0.15, 0.2) is 35.8 Å². The van der Waals surface area contributed by atoms with Crippen LogP contribution in [0.25, 0.3) is 21.8 Å². The molecule has 0 N–H and O–H groups in total. The highest BCUT2D eigenvalue weighted by Crippen LogP contribution is 2.34. The van der Waals surface area contributed by atoms with Gasteiger partial charge in [0.05, 0.1) is 12.8 Å². The van der Waals surface area contributed by atoms with Crippen LogP contribution in [-0.4, -0.2) is 30.2 Å². The second-order valence-electron chi connectivity index (χ2n) is 6.25. The Kier molecular flexibility index (Phi) is 5.57. The fourth-order valence-electron chi connectivity index (χ4n) is 3.24. The lowest BCUT2D eigenvalue weighted by Crippen LogP contribution is -2.22. The van der Waals surface area contributed by atoms with Crippen LogP contribution >= 0.6 is 11.3 Å². The molecule has 3 rings (SSSR count). The van der Waals surface area contributed by atoms with E-state index in [0.717, 1.165) is 40.9 Å². The van der Waals surface area contributed by atoms with Crippen LogP contribution in [0.5, 0.6) is 5.75 Å². The van der Waals surface area contributed by atoms with Crippen molar-refractivity contribution in [2.45, 2.75) is 27.7 Å². The highest BCUT2D eigenvalue weighted by Gasteiger charge is 2.14. The molecule has 0 bridgehead atoms. The van der Waals surface area contributed by atoms with Gasteiger partial charge in [-0.1, -0.05) is 0 Å². The number of hydrogen-bond acceptors (Lipinski definition) is 5. The van der Waals surface area contributed by atoms with Crippen LogP contribution in [0.2, 0.25) is 0 Å². The molecule has 0 aliphatic rings. The minimum Gasteiger partial charge on any atom is -0.497 e. The van der Waals surface area contributed by atoms with E-state index in [1.54, 1.807) is 18.4 Å². The molecule has 1 aromatic carbocycles. The molecule has 0 amide bonds. The fraction of sp³-hybridized carbons (Fsp3) is 0.333. The van der Waals surface area contributed by atoms with Gasteiger partial charge in [0.1, 0.15) is 16.6 Å². The van der Waals surface area contributed by atoms with E-state index < -0.39 is 0 Å². The Hall–Kier alpha value is -2.40. The number of aryl methyl sites for hydroxylation is 2. The predicted octanol–water partition coefficient (Wildman–Crippen LogP) is 5.34. The van der Waals surface area contributed by atoms with Crippen LogP contribution in [0.1, 0.15) is 25.0 Å². The summed E-state index contributed by atoms with van der Waals surface area (Å²) in [6, 6.07) is 8.28. The predicted molar refractivity (Wildman–Crippen MR) is 110 cm³/mol. The number of aromatic nitrogens is 2. The summed E-state index contributed by atoms with van der Waals surface area (Å²) in [6.45, 7) is 10.4. The topological polar surface area (TPSA) is 38.2 Å². The van der Waals surface area contributed by atoms with Crippen molar-refractivity contribution in [3.63, 3.8) is 0 Å². The van der Waals surface area contributed by atoms with Crippen molar-refractivity contribution in [3.05, 3.63) is 47.0 Å². The van der Waals surface area contributed by atoms with E-state index in [0.29, 0.717) is 0 Å². The zero-order chi connectivity index (χ0) is 18.7. The number of benzene rings is 1. The minimum absolute atomic E-state index is 0.886. The normalized spacial score (nSPS) is 10.8. The van der Waals surface area contributed by atoms with Gasteiger partial charge in [0.15, 0.2) is 0 Å². The molecule has 2 aromatic heterocycles. The highest BCUT2D eigenvalue weighted by atomic mass is 32.1. The lowest BCUT2D eigenvalue weighted by molar-refractivity contribution is 0.414. The van der Waals surface area contributed by atoms with Crippen LogP contribution in [0.3, 0.4) is 0 Å². The standard InChI is InChI=1S/C21H25N3OS/c1-6-24(7-2)19-12-16(8-9-22-19)21-23-18(13-26-21)20-14(3)10-17(25-5)11-15(20)4/h8-13H,6-7H2,1-5H3. The summed E-state index contributed by atoms with van der Waals surface area (Å²) in [4.78, 5) is 11.7. The summed E-state index contributed by atoms with van der Waals surface area (Å²) in [7, 11) is 1.70. The summed E-state index contributed by atoms with van der Waals surface area (Å²) in [6.07, 6.45) is 1.87. The Balaban J connectivity index is 1.98. The van der Waals surface area contributed by atoms with E-state index in [2.05, 4.69) is 61.2 Å². The number of nitrogens with zero attached hydrogens (tertiary/aromatic N) is 3. The molecule has 0 unspecified atom stereocenters. The number of anilines is 1. The van der Waals surface area contributed by atoms with Gasteiger partial charge in [-0.3, -0.25) is 0 Å². The number of ether oxygens (including phenoxy) is 1. The molecule has 0 aliphatic heterocycles. The maximum Gasteiger partial charge on any atom is 0.129 e. The molecule has 0 spiro atoms. The van der Waals surface area contributed by atoms with Crippen LogP contribution in [0, 0.1) is 13.8 Å². The second-order valence-corrected chi connectivity index (χ2v) is 7.11. The molecule has 0 fully saturated rings. The largest absolute Gasteiger partial charge is 0.497 e. The summed E-state index contributed by atoms with van der Waals surface area (Å²) in [5, 5.41) is 3.15. The maximum absolute atomic E-state index is 5.37. The lowest BCUT2D eigenvalue weighted by Gasteiger charge is -2.19. The molecule has 0 saturated heterocycles. The highest BCUT2D eigenvalue weighted by molar-refractivity contribution is 7.13. The Labute approximate surface area is 159 Å². The Bertz CT molecular complexity index is 877. The first-order valence-electron chi connectivity index (χ1n) is 8.89. The zero-order valence-corrected chi connectivity index (χ0v) is 16.9. The molecule has 5 heteroatoms. The lowest BCUT2D eigenvalue weighted by atomic mass is 10.0. The van der Waals surface area contributed by atoms with E-state index in [1.165, 1.54) is 16.7 Å². The summed E-state index contributed by atoms with van der Waals surface area (Å²) in [5.74, 6) is 1.89. The zero-order valence-electron chi connectivity index (χ0n) is 16.0. The van der Waals surface area contributed by atoms with Crippen molar-refractivity contribution in [2.75, 3.05) is 25.1 Å². The molecular formula is C21H25N3OS. The van der Waals surface area contributed by atoms with Gasteiger partial charge < -0.3 is 9.64 Å². The molecule has 0 saturated carbocycles. The average Bonchev–Trinajstić information content (AvgIpc) is 3.12. The van der Waals surface area contributed by atoms with Crippen molar-refractivity contribution < 1.29 is 4.74 Å². The second kappa shape index (κ2) is 7.87. The van der Waals surface area contributed by atoms with Gasteiger partial charge >= 0.3 is 0 Å². The molecule has 0 atom stereocenters. The van der Waals surface area contributed by atoms with Crippen molar-refractivity contribution >= 4 is 17.2 Å². The average molecular weight is 368 g/mol. The molecule has 26 heavy (non-hydrogen) atoms. The van der Waals surface area contributed by atoms with Crippen molar-refractivity contribution in [1.82, 2.24) is 9.97 Å². The number of rotatable bonds is 6. The number of methoxy groups -OCH3 is 1. The van der Waals surface area contributed by atoms with Gasteiger partial charge in [0.25, 0.3) is 0 Å². The monoisotopic (exact) mass is 367 g/mol. The maximum atomic E-state index is 5.37. The molecule has 3 aromatic rings. The smallest absolute Gasteiger partial charge is 0.129 e. The van der Waals surface area contributed by atoms with Crippen molar-refractivity contribution in [3.8, 4) is 27.6 Å². The SMILES string of the molecule is CCN(CC)c1cc(-c2nc(-c3c(C)cc(OC)cc3C)cs2)ccn1. The van der Waals surface area contributed by atoms with Crippen molar-refractivity contribution in [1.29, 1.82) is 0 Å². The van der Waals surface area contributed by atoms with E-state index >= 15 is 0 Å². The Morgan fingerprint density at radius 2 is 1.77 bits per heavy atom. The van der Waals surface area contributed by atoms with Crippen LogP contribution < -0.4 is 9.64 Å². The minimum atomic E-state index is 0.886. The molecule has 136 valence electrons. The first-order chi connectivity index (χ1) is 12.6. The van der Waals surface area contributed by atoms with Gasteiger partial charge in [0, 0.05) is 35.8 Å². The first-order valence-corrected chi connectivity index (χ1v) is 9.77. The van der Waals surface area contributed by atoms with E-state index in [4.69, 9.17) is 9.72 Å². The van der Waals surface area contributed by atoms with Crippen LogP contribution in [-0.2, 0) is 0 Å². The summed E-state index contributed by atoms with van der Waals surface area (Å²) in [5.41, 5.74) is 5.67. The number of thiazole rings is 1. The summed E-state index contributed by atoms with van der Waals surface area (Å²) >= 11 is 1.67. The van der Waals surface area contributed by atoms with Crippen LogP contribution in [0.4, 0.5) is 5.82 Å². The molecule has 2 heterocycles. The molecule has 0 radical (unpaired) electrons. The third-order valence-electron chi connectivity index (χ3n) is 4.58. The van der Waals surface area contributed by atoms with Crippen molar-refractivity contribution in [2.24, 2.45) is 0 Å². The van der Waals surface area contributed by atoms with Gasteiger partial charge in [-0.05, 0) is 63.1 Å². The fourth-order valence-corrected chi connectivity index (χ4v) is 4.05. The number of pyridine rings is 1. The quantitative estimate of drug-likeness (QED) is 0.589. The Morgan fingerprint density at radius 3 is 2.38 bits per heavy atom. The van der Waals surface area contributed by atoms with E-state index in [9.17, 15) is 0 Å². The van der Waals surface area contributed by atoms with Gasteiger partial charge in [0.2, 0.25) is 0 Å². The van der Waals surface area contributed by atoms with Gasteiger partial charge in [-0.25, -0.2) is 9.97 Å². The molecule has 4 nitrogen and oxygen atoms in total. The Morgan fingerprint density at radius 1 is 1.08 bits per heavy atom. The molecule has 0 aliphatic carbocycles. The first kappa shape index (κ1) is 18.4. The third-order valence-corrected chi connectivity index (χ3v) is 5.47. The van der Waals surface area contributed by atoms with Gasteiger partial charge in [-0.15, -0.1) is 11.3 Å². The summed E-state index contributed by atoms with van der Waals surface area (Å²) < 4.78 is 5.37. The van der Waals surface area contributed by atoms with E-state index in [1.807, 2.05) is 12.3 Å². The third kappa shape index (κ3) is 3.58. The van der Waals surface area contributed by atoms with E-state index in [-0.39, 0.29) is 0 Å². The number of hydrogen-bond donors (Lipinski definition) is 0. The molecular weight excluding hydrogens is 342 g/mol.